The predicted octanol–water partition coefficient (Wildman–Crippen LogP) is 15.5. The molecule has 8 atom stereocenters. The lowest BCUT2D eigenvalue weighted by molar-refractivity contribution is 0.0941. The second kappa shape index (κ2) is 21.1. The molecule has 0 spiro atoms. The van der Waals surface area contributed by atoms with Crippen molar-refractivity contribution in [2.45, 2.75) is 120 Å². The summed E-state index contributed by atoms with van der Waals surface area (Å²) in [5, 5.41) is 8.25. The number of hydrogen-bond acceptors (Lipinski definition) is 9. The van der Waals surface area contributed by atoms with E-state index in [4.69, 9.17) is 83.8 Å². The van der Waals surface area contributed by atoms with E-state index in [0.29, 0.717) is 47.4 Å². The summed E-state index contributed by atoms with van der Waals surface area (Å²) in [6.07, 6.45) is 8.81. The molecule has 396 valence electrons. The minimum absolute atomic E-state index is 0.196. The van der Waals surface area contributed by atoms with Crippen molar-refractivity contribution < 1.29 is 14.2 Å². The topological polar surface area (TPSA) is 47.1 Å². The molecule has 0 N–H and O–H groups in total. The molecule has 4 saturated heterocycles. The Labute approximate surface area is 476 Å². The molecule has 6 aromatic rings. The van der Waals surface area contributed by atoms with E-state index in [2.05, 4.69) is 98.1 Å². The Morgan fingerprint density at radius 2 is 0.671 bits per heavy atom. The zero-order chi connectivity index (χ0) is 51.9. The Morgan fingerprint density at radius 3 is 0.987 bits per heavy atom. The smallest absolute Gasteiger partial charge is 0.140 e. The van der Waals surface area contributed by atoms with Crippen molar-refractivity contribution in [1.29, 1.82) is 0 Å². The van der Waals surface area contributed by atoms with Crippen molar-refractivity contribution in [3.05, 3.63) is 173 Å². The molecule has 4 heterocycles. The molecule has 4 aliphatic heterocycles. The number of nitrogens with zero attached hydrogens (tertiary/aromatic N) is 6. The third kappa shape index (κ3) is 9.45. The fourth-order valence-corrected chi connectivity index (χ4v) is 15.1. The summed E-state index contributed by atoms with van der Waals surface area (Å²) in [6, 6.07) is 37.6. The third-order valence-corrected chi connectivity index (χ3v) is 19.1. The molecule has 76 heavy (non-hydrogen) atoms. The molecule has 6 aromatic carbocycles. The molecule has 0 saturated carbocycles. The van der Waals surface area contributed by atoms with Crippen LogP contribution in [-0.2, 0) is 19.3 Å². The number of rotatable bonds is 12. The van der Waals surface area contributed by atoms with Gasteiger partial charge >= 0.3 is 0 Å². The van der Waals surface area contributed by atoms with E-state index in [0.717, 1.165) is 92.3 Å². The Morgan fingerprint density at radius 1 is 0.368 bits per heavy atom. The monoisotopic (exact) mass is 1140 g/mol. The van der Waals surface area contributed by atoms with Gasteiger partial charge in [-0.2, -0.15) is 0 Å². The average molecular weight is 1140 g/mol. The first-order valence-corrected chi connectivity index (χ1v) is 29.5. The SMILES string of the molecule is CC1N(c2ccc(O[C@H]3c4cc(Cl)ccc4C[C@@H]3N3CCCC3)c(Cl)c2)C(C)N(c2ccc(O[C@H]3c4cc(Cl)ccc4C[C@@H]3N3CCCC3)c(Cl)c2)N1c1ccc(O[C@H]2c3cc(Cl)ccc3C[C@@H]2N2CCCC2)c(Cl)c1. The zero-order valence-electron chi connectivity index (χ0n) is 42.8. The van der Waals surface area contributed by atoms with Crippen LogP contribution in [0.5, 0.6) is 17.2 Å². The first-order chi connectivity index (χ1) is 36.9. The number of anilines is 3. The van der Waals surface area contributed by atoms with Gasteiger partial charge in [-0.3, -0.25) is 24.7 Å². The molecule has 0 radical (unpaired) electrons. The quantitative estimate of drug-likeness (QED) is 0.119. The number of fused-ring (bicyclic) bond motifs is 3. The molecule has 2 unspecified atom stereocenters. The number of ether oxygens (including phenoxy) is 3. The van der Waals surface area contributed by atoms with Gasteiger partial charge in [0, 0.05) is 20.8 Å². The summed E-state index contributed by atoms with van der Waals surface area (Å²) in [7, 11) is 0. The number of likely N-dealkylation sites (tertiary alicyclic amines) is 3. The first kappa shape index (κ1) is 51.2. The highest BCUT2D eigenvalue weighted by atomic mass is 35.5. The van der Waals surface area contributed by atoms with Crippen LogP contribution in [0.15, 0.2) is 109 Å². The van der Waals surface area contributed by atoms with Crippen LogP contribution in [0.4, 0.5) is 17.1 Å². The number of hydrazine groups is 1. The van der Waals surface area contributed by atoms with E-state index in [-0.39, 0.29) is 48.8 Å². The summed E-state index contributed by atoms with van der Waals surface area (Å²) in [4.78, 5) is 10.1. The zero-order valence-corrected chi connectivity index (χ0v) is 47.3. The lowest BCUT2D eigenvalue weighted by Gasteiger charge is -2.35. The average Bonchev–Trinajstić information content (AvgIpc) is 4.36. The van der Waals surface area contributed by atoms with Crippen molar-refractivity contribution in [2.75, 3.05) is 54.2 Å². The highest BCUT2D eigenvalue weighted by Gasteiger charge is 2.45. The third-order valence-electron chi connectivity index (χ3n) is 17.5. The lowest BCUT2D eigenvalue weighted by Crippen LogP contribution is -2.43. The van der Waals surface area contributed by atoms with Gasteiger partial charge in [0.25, 0.3) is 0 Å². The van der Waals surface area contributed by atoms with E-state index in [1.807, 2.05) is 54.6 Å². The van der Waals surface area contributed by atoms with Crippen LogP contribution in [0.3, 0.4) is 0 Å². The molecule has 4 fully saturated rings. The van der Waals surface area contributed by atoms with Gasteiger partial charge in [-0.05, 0) is 235 Å². The largest absolute Gasteiger partial charge is 0.482 e. The standard InChI is InChI=1S/C61H62Cl6N6O3/c1-36-71(44-15-18-56(50(65)33-44)74-59-47-30-41(62)12-9-38(47)27-53(59)68-21-3-4-22-68)37(2)73(46-17-20-58(52(67)35-46)76-61-49-32-43(64)14-11-40(49)29-55(61)70-25-7-8-26-70)72(36)45-16-19-57(51(66)34-45)75-60-48-31-42(63)13-10-39(48)28-54(60)69-23-5-6-24-69/h9-20,30-37,53-55,59-61H,3-8,21-29H2,1-2H3/t36?,37?,53-,54-,55-,59-,60-,61-/m0/s1. The highest BCUT2D eigenvalue weighted by molar-refractivity contribution is 6.33. The molecule has 0 aromatic heterocycles. The summed E-state index contributed by atoms with van der Waals surface area (Å²) < 4.78 is 21.0. The number of halogens is 6. The minimum Gasteiger partial charge on any atom is -0.482 e. The number of hydrogen-bond donors (Lipinski definition) is 0. The molecule has 3 aliphatic carbocycles. The number of benzene rings is 6. The maximum atomic E-state index is 7.40. The summed E-state index contributed by atoms with van der Waals surface area (Å²) in [5.74, 6) is 1.90. The maximum absolute atomic E-state index is 7.40. The van der Waals surface area contributed by atoms with Gasteiger partial charge < -0.3 is 19.1 Å². The summed E-state index contributed by atoms with van der Waals surface area (Å²) in [5.41, 5.74) is 9.91. The van der Waals surface area contributed by atoms with Crippen LogP contribution < -0.4 is 29.1 Å². The van der Waals surface area contributed by atoms with Crippen LogP contribution in [0.25, 0.3) is 0 Å². The predicted molar refractivity (Wildman–Crippen MR) is 310 cm³/mol. The Bertz CT molecular complexity index is 3020. The van der Waals surface area contributed by atoms with Gasteiger partial charge in [-0.25, -0.2) is 0 Å². The molecule has 13 rings (SSSR count). The van der Waals surface area contributed by atoms with Gasteiger partial charge in [0.1, 0.15) is 47.9 Å². The lowest BCUT2D eigenvalue weighted by atomic mass is 10.1. The van der Waals surface area contributed by atoms with Crippen LogP contribution >= 0.6 is 69.6 Å². The summed E-state index contributed by atoms with van der Waals surface area (Å²) >= 11 is 42.0. The first-order valence-electron chi connectivity index (χ1n) is 27.3. The van der Waals surface area contributed by atoms with Crippen molar-refractivity contribution in [2.24, 2.45) is 0 Å². The molecule has 15 heteroatoms. The van der Waals surface area contributed by atoms with E-state index < -0.39 is 0 Å². The Hall–Kier alpha value is -4.26. The highest BCUT2D eigenvalue weighted by Crippen LogP contribution is 2.49. The van der Waals surface area contributed by atoms with Crippen LogP contribution in [0.1, 0.15) is 104 Å². The van der Waals surface area contributed by atoms with Crippen LogP contribution in [0, 0.1) is 0 Å². The van der Waals surface area contributed by atoms with Crippen LogP contribution in [0.2, 0.25) is 30.1 Å². The Balaban J connectivity index is 0.832. The van der Waals surface area contributed by atoms with Gasteiger partial charge in [-0.15, -0.1) is 0 Å². The van der Waals surface area contributed by atoms with Gasteiger partial charge in [0.05, 0.1) is 44.6 Å². The molecule has 9 nitrogen and oxygen atoms in total. The second-order valence-electron chi connectivity index (χ2n) is 21.9. The summed E-state index contributed by atoms with van der Waals surface area (Å²) in [6.45, 7) is 10.7. The van der Waals surface area contributed by atoms with Gasteiger partial charge in [-0.1, -0.05) is 87.8 Å². The molecular weight excluding hydrogens is 1080 g/mol. The fourth-order valence-electron chi connectivity index (χ4n) is 13.9. The van der Waals surface area contributed by atoms with Crippen molar-refractivity contribution in [1.82, 2.24) is 14.7 Å². The van der Waals surface area contributed by atoms with E-state index >= 15 is 0 Å². The second-order valence-corrected chi connectivity index (χ2v) is 24.4. The van der Waals surface area contributed by atoms with E-state index in [9.17, 15) is 0 Å². The minimum atomic E-state index is -0.233. The van der Waals surface area contributed by atoms with Crippen molar-refractivity contribution >= 4 is 86.7 Å². The fraction of sp³-hybridized carbons (Fsp3) is 0.410. The molecule has 7 aliphatic rings. The normalized spacial score (nSPS) is 26.4. The molecule has 0 bridgehead atoms. The van der Waals surface area contributed by atoms with Crippen molar-refractivity contribution in [3.63, 3.8) is 0 Å². The Kier molecular flexibility index (Phi) is 14.2. The van der Waals surface area contributed by atoms with Crippen LogP contribution in [-0.4, -0.2) is 84.4 Å². The van der Waals surface area contributed by atoms with Gasteiger partial charge in [0.15, 0.2) is 0 Å². The molecule has 0 amide bonds. The van der Waals surface area contributed by atoms with Gasteiger partial charge in [0.2, 0.25) is 0 Å². The molecular formula is C61H62Cl6N6O3. The van der Waals surface area contributed by atoms with E-state index in [1.54, 1.807) is 0 Å². The van der Waals surface area contributed by atoms with E-state index in [1.165, 1.54) is 55.2 Å². The maximum Gasteiger partial charge on any atom is 0.140 e. The van der Waals surface area contributed by atoms with Crippen molar-refractivity contribution in [3.8, 4) is 17.2 Å².